The summed E-state index contributed by atoms with van der Waals surface area (Å²) >= 11 is 5.57. The van der Waals surface area contributed by atoms with Gasteiger partial charge in [0, 0.05) is 7.05 Å². The standard InChI is InChI=1S/C10H8ClF3N2O3/c1-15(5-10(12,13)14)9(17)6-3-2-4-7(11)8(6)16(18)19/h2-4H,5H2,1H3. The smallest absolute Gasteiger partial charge is 0.332 e. The van der Waals surface area contributed by atoms with Crippen LogP contribution in [0.25, 0.3) is 0 Å². The molecule has 0 bridgehead atoms. The molecule has 1 amide bonds. The van der Waals surface area contributed by atoms with Gasteiger partial charge in [-0.2, -0.15) is 13.2 Å². The summed E-state index contributed by atoms with van der Waals surface area (Å²) in [6, 6.07) is 3.49. The number of halogens is 4. The second kappa shape index (κ2) is 5.43. The van der Waals surface area contributed by atoms with Gasteiger partial charge in [-0.15, -0.1) is 0 Å². The quantitative estimate of drug-likeness (QED) is 0.636. The first-order chi connectivity index (χ1) is 8.63. The van der Waals surface area contributed by atoms with Gasteiger partial charge in [0.15, 0.2) is 0 Å². The van der Waals surface area contributed by atoms with Crippen molar-refractivity contribution in [3.05, 3.63) is 38.9 Å². The molecule has 0 N–H and O–H groups in total. The number of benzene rings is 1. The molecule has 0 unspecified atom stereocenters. The summed E-state index contributed by atoms with van der Waals surface area (Å²) in [5.74, 6) is -1.12. The van der Waals surface area contributed by atoms with E-state index in [1.54, 1.807) is 0 Å². The van der Waals surface area contributed by atoms with Crippen molar-refractivity contribution in [2.75, 3.05) is 13.6 Å². The van der Waals surface area contributed by atoms with E-state index >= 15 is 0 Å². The summed E-state index contributed by atoms with van der Waals surface area (Å²) in [7, 11) is 0.903. The highest BCUT2D eigenvalue weighted by molar-refractivity contribution is 6.33. The van der Waals surface area contributed by atoms with Crippen molar-refractivity contribution in [3.63, 3.8) is 0 Å². The van der Waals surface area contributed by atoms with Crippen molar-refractivity contribution in [1.82, 2.24) is 4.90 Å². The third kappa shape index (κ3) is 3.82. The fourth-order valence-electron chi connectivity index (χ4n) is 1.42. The maximum Gasteiger partial charge on any atom is 0.406 e. The molecule has 1 aromatic rings. The van der Waals surface area contributed by atoms with E-state index in [2.05, 4.69) is 0 Å². The molecule has 5 nitrogen and oxygen atoms in total. The molecule has 0 saturated heterocycles. The molecular weight excluding hydrogens is 289 g/mol. The number of nitro groups is 1. The monoisotopic (exact) mass is 296 g/mol. The van der Waals surface area contributed by atoms with Crippen molar-refractivity contribution >= 4 is 23.2 Å². The van der Waals surface area contributed by atoms with Crippen LogP contribution in [-0.4, -0.2) is 35.5 Å². The molecule has 0 aliphatic heterocycles. The number of nitrogens with zero attached hydrogens (tertiary/aromatic N) is 2. The third-order valence-corrected chi connectivity index (χ3v) is 2.47. The van der Waals surface area contributed by atoms with Crippen LogP contribution in [0.3, 0.4) is 0 Å². The minimum atomic E-state index is -4.59. The summed E-state index contributed by atoms with van der Waals surface area (Å²) in [6.07, 6.45) is -4.59. The van der Waals surface area contributed by atoms with Gasteiger partial charge in [0.2, 0.25) is 0 Å². The Labute approximate surface area is 110 Å². The van der Waals surface area contributed by atoms with E-state index < -0.39 is 34.8 Å². The molecule has 9 heteroatoms. The third-order valence-electron chi connectivity index (χ3n) is 2.16. The first-order valence-corrected chi connectivity index (χ1v) is 5.26. The normalized spacial score (nSPS) is 11.2. The predicted octanol–water partition coefficient (Wildman–Crippen LogP) is 2.88. The lowest BCUT2D eigenvalue weighted by Crippen LogP contribution is -2.36. The summed E-state index contributed by atoms with van der Waals surface area (Å²) in [5.41, 5.74) is -1.19. The van der Waals surface area contributed by atoms with Crippen molar-refractivity contribution in [2.45, 2.75) is 6.18 Å². The van der Waals surface area contributed by atoms with Crippen LogP contribution in [0.4, 0.5) is 18.9 Å². The first kappa shape index (κ1) is 15.2. The number of carbonyl (C=O) groups is 1. The van der Waals surface area contributed by atoms with Crippen LogP contribution in [0.15, 0.2) is 18.2 Å². The summed E-state index contributed by atoms with van der Waals surface area (Å²) in [5, 5.41) is 10.5. The number of hydrogen-bond acceptors (Lipinski definition) is 3. The van der Waals surface area contributed by atoms with Gasteiger partial charge in [-0.3, -0.25) is 14.9 Å². The molecule has 0 fully saturated rings. The van der Waals surface area contributed by atoms with E-state index in [9.17, 15) is 28.1 Å². The SMILES string of the molecule is CN(CC(F)(F)F)C(=O)c1cccc(Cl)c1[N+](=O)[O-]. The van der Waals surface area contributed by atoms with Gasteiger partial charge in [0.1, 0.15) is 17.1 Å². The molecular formula is C10H8ClF3N2O3. The zero-order valence-electron chi connectivity index (χ0n) is 9.57. The van der Waals surface area contributed by atoms with Gasteiger partial charge in [-0.05, 0) is 12.1 Å². The van der Waals surface area contributed by atoms with E-state index in [1.807, 2.05) is 0 Å². The van der Waals surface area contributed by atoms with Crippen LogP contribution < -0.4 is 0 Å². The molecule has 0 aliphatic carbocycles. The fourth-order valence-corrected chi connectivity index (χ4v) is 1.66. The minimum absolute atomic E-state index is 0.309. The predicted molar refractivity (Wildman–Crippen MR) is 61.1 cm³/mol. The Morgan fingerprint density at radius 1 is 1.47 bits per heavy atom. The lowest BCUT2D eigenvalue weighted by Gasteiger charge is -2.18. The fraction of sp³-hybridized carbons (Fsp3) is 0.300. The van der Waals surface area contributed by atoms with Crippen molar-refractivity contribution in [3.8, 4) is 0 Å². The number of nitro benzene ring substituents is 1. The van der Waals surface area contributed by atoms with Gasteiger partial charge in [-0.1, -0.05) is 17.7 Å². The second-order valence-electron chi connectivity index (χ2n) is 3.67. The molecule has 1 aromatic carbocycles. The Morgan fingerprint density at radius 3 is 2.53 bits per heavy atom. The van der Waals surface area contributed by atoms with Gasteiger partial charge >= 0.3 is 11.9 Å². The van der Waals surface area contributed by atoms with Crippen LogP contribution in [0, 0.1) is 10.1 Å². The zero-order chi connectivity index (χ0) is 14.8. The Kier molecular flexibility index (Phi) is 4.35. The van der Waals surface area contributed by atoms with Gasteiger partial charge in [0.25, 0.3) is 5.91 Å². The van der Waals surface area contributed by atoms with E-state index in [0.717, 1.165) is 13.1 Å². The van der Waals surface area contributed by atoms with Crippen LogP contribution in [-0.2, 0) is 0 Å². The van der Waals surface area contributed by atoms with Crippen LogP contribution in [0.2, 0.25) is 5.02 Å². The molecule has 1 rings (SSSR count). The molecule has 0 radical (unpaired) electrons. The van der Waals surface area contributed by atoms with Crippen molar-refractivity contribution in [2.24, 2.45) is 0 Å². The molecule has 0 saturated carbocycles. The van der Waals surface area contributed by atoms with E-state index in [4.69, 9.17) is 11.6 Å². The number of para-hydroxylation sites is 1. The Balaban J connectivity index is 3.13. The van der Waals surface area contributed by atoms with Crippen LogP contribution in [0.1, 0.15) is 10.4 Å². The number of amides is 1. The summed E-state index contributed by atoms with van der Waals surface area (Å²) in [6.45, 7) is -1.50. The lowest BCUT2D eigenvalue weighted by molar-refractivity contribution is -0.385. The highest BCUT2D eigenvalue weighted by Crippen LogP contribution is 2.29. The lowest BCUT2D eigenvalue weighted by atomic mass is 10.1. The molecule has 104 valence electrons. The largest absolute Gasteiger partial charge is 0.406 e. The Morgan fingerprint density at radius 2 is 2.05 bits per heavy atom. The van der Waals surface area contributed by atoms with E-state index in [-0.39, 0.29) is 5.02 Å². The zero-order valence-corrected chi connectivity index (χ0v) is 10.3. The minimum Gasteiger partial charge on any atom is -0.332 e. The highest BCUT2D eigenvalue weighted by atomic mass is 35.5. The molecule has 0 heterocycles. The molecule has 19 heavy (non-hydrogen) atoms. The summed E-state index contributed by atoms with van der Waals surface area (Å²) in [4.78, 5) is 22.0. The number of carbonyl (C=O) groups excluding carboxylic acids is 1. The van der Waals surface area contributed by atoms with Gasteiger partial charge in [-0.25, -0.2) is 0 Å². The average molecular weight is 297 g/mol. The maximum atomic E-state index is 12.2. The number of hydrogen-bond donors (Lipinski definition) is 0. The highest BCUT2D eigenvalue weighted by Gasteiger charge is 2.33. The molecule has 0 atom stereocenters. The average Bonchev–Trinajstić information content (AvgIpc) is 2.24. The summed E-state index contributed by atoms with van der Waals surface area (Å²) < 4.78 is 36.5. The van der Waals surface area contributed by atoms with E-state index in [0.29, 0.717) is 4.90 Å². The molecule has 0 spiro atoms. The molecule has 0 aliphatic rings. The Bertz CT molecular complexity index is 519. The second-order valence-corrected chi connectivity index (χ2v) is 4.08. The van der Waals surface area contributed by atoms with Crippen molar-refractivity contribution < 1.29 is 22.9 Å². The topological polar surface area (TPSA) is 63.5 Å². The first-order valence-electron chi connectivity index (χ1n) is 4.88. The Hall–Kier alpha value is -1.83. The number of rotatable bonds is 3. The van der Waals surface area contributed by atoms with Crippen LogP contribution in [0.5, 0.6) is 0 Å². The molecule has 0 aromatic heterocycles. The maximum absolute atomic E-state index is 12.2. The van der Waals surface area contributed by atoms with Crippen LogP contribution >= 0.6 is 11.6 Å². The van der Waals surface area contributed by atoms with Gasteiger partial charge in [0.05, 0.1) is 4.92 Å². The van der Waals surface area contributed by atoms with Crippen molar-refractivity contribution in [1.29, 1.82) is 0 Å². The van der Waals surface area contributed by atoms with Gasteiger partial charge < -0.3 is 4.90 Å². The van der Waals surface area contributed by atoms with E-state index in [1.165, 1.54) is 12.1 Å². The number of alkyl halides is 3.